The maximum atomic E-state index is 14.1. The minimum Gasteiger partial charge on any atom is -0.369 e. The molecule has 0 atom stereocenters. The van der Waals surface area contributed by atoms with Gasteiger partial charge < -0.3 is 4.90 Å². The SMILES string of the molecule is CC1CCN(c2ccc(C(C)C)cc2F)CC1. The van der Waals surface area contributed by atoms with Gasteiger partial charge in [-0.15, -0.1) is 0 Å². The van der Waals surface area contributed by atoms with Crippen molar-refractivity contribution in [1.82, 2.24) is 0 Å². The highest BCUT2D eigenvalue weighted by Crippen LogP contribution is 2.27. The van der Waals surface area contributed by atoms with Gasteiger partial charge in [-0.1, -0.05) is 26.8 Å². The van der Waals surface area contributed by atoms with E-state index in [9.17, 15) is 4.39 Å². The molecule has 1 fully saturated rings. The van der Waals surface area contributed by atoms with Crippen LogP contribution in [0.25, 0.3) is 0 Å². The minimum absolute atomic E-state index is 0.0641. The van der Waals surface area contributed by atoms with E-state index in [-0.39, 0.29) is 5.82 Å². The summed E-state index contributed by atoms with van der Waals surface area (Å²) in [6.07, 6.45) is 2.34. The monoisotopic (exact) mass is 235 g/mol. The second kappa shape index (κ2) is 5.07. The molecule has 1 heterocycles. The molecule has 0 aromatic heterocycles. The first kappa shape index (κ1) is 12.4. The molecule has 0 spiro atoms. The molecule has 0 unspecified atom stereocenters. The predicted molar refractivity (Wildman–Crippen MR) is 71.1 cm³/mol. The standard InChI is InChI=1S/C15H22FN/c1-11(2)13-4-5-15(14(16)10-13)17-8-6-12(3)7-9-17/h4-5,10-12H,6-9H2,1-3H3. The Kier molecular flexibility index (Phi) is 3.70. The zero-order valence-corrected chi connectivity index (χ0v) is 11.0. The first-order chi connectivity index (χ1) is 8.08. The Morgan fingerprint density at radius 2 is 1.88 bits per heavy atom. The van der Waals surface area contributed by atoms with Crippen LogP contribution < -0.4 is 4.90 Å². The van der Waals surface area contributed by atoms with Gasteiger partial charge in [0.05, 0.1) is 5.69 Å². The largest absolute Gasteiger partial charge is 0.369 e. The van der Waals surface area contributed by atoms with E-state index in [1.165, 1.54) is 12.8 Å². The van der Waals surface area contributed by atoms with Gasteiger partial charge in [0.2, 0.25) is 0 Å². The molecule has 1 saturated heterocycles. The summed E-state index contributed by atoms with van der Waals surface area (Å²) in [6, 6.07) is 5.69. The number of benzene rings is 1. The maximum absolute atomic E-state index is 14.1. The van der Waals surface area contributed by atoms with Crippen LogP contribution in [0.4, 0.5) is 10.1 Å². The molecule has 1 aliphatic heterocycles. The van der Waals surface area contributed by atoms with Crippen molar-refractivity contribution in [3.8, 4) is 0 Å². The van der Waals surface area contributed by atoms with Crippen molar-refractivity contribution in [2.75, 3.05) is 18.0 Å². The second-order valence-corrected chi connectivity index (χ2v) is 5.54. The van der Waals surface area contributed by atoms with Crippen LogP contribution in [0, 0.1) is 11.7 Å². The summed E-state index contributed by atoms with van der Waals surface area (Å²) in [7, 11) is 0. The molecule has 0 amide bonds. The molecule has 2 heteroatoms. The van der Waals surface area contributed by atoms with E-state index in [1.807, 2.05) is 6.07 Å². The van der Waals surface area contributed by atoms with E-state index < -0.39 is 0 Å². The highest BCUT2D eigenvalue weighted by Gasteiger charge is 2.18. The van der Waals surface area contributed by atoms with Gasteiger partial charge in [-0.2, -0.15) is 0 Å². The van der Waals surface area contributed by atoms with Crippen molar-refractivity contribution in [3.05, 3.63) is 29.6 Å². The van der Waals surface area contributed by atoms with Crippen LogP contribution >= 0.6 is 0 Å². The van der Waals surface area contributed by atoms with Crippen LogP contribution in [0.15, 0.2) is 18.2 Å². The van der Waals surface area contributed by atoms with Gasteiger partial charge in [0, 0.05) is 13.1 Å². The second-order valence-electron chi connectivity index (χ2n) is 5.54. The predicted octanol–water partition coefficient (Wildman–Crippen LogP) is 4.19. The Morgan fingerprint density at radius 1 is 1.24 bits per heavy atom. The van der Waals surface area contributed by atoms with Crippen LogP contribution in [0.3, 0.4) is 0 Å². The molecule has 17 heavy (non-hydrogen) atoms. The molecule has 0 bridgehead atoms. The summed E-state index contributed by atoms with van der Waals surface area (Å²) in [4.78, 5) is 2.18. The zero-order valence-electron chi connectivity index (χ0n) is 11.0. The van der Waals surface area contributed by atoms with Crippen LogP contribution in [-0.2, 0) is 0 Å². The lowest BCUT2D eigenvalue weighted by Crippen LogP contribution is -2.33. The molecular formula is C15H22FN. The van der Waals surface area contributed by atoms with Crippen molar-refractivity contribution >= 4 is 5.69 Å². The summed E-state index contributed by atoms with van der Waals surface area (Å²) in [6.45, 7) is 8.43. The van der Waals surface area contributed by atoms with Gasteiger partial charge in [-0.3, -0.25) is 0 Å². The summed E-state index contributed by atoms with van der Waals surface area (Å²) < 4.78 is 14.1. The molecule has 1 aromatic rings. The number of hydrogen-bond acceptors (Lipinski definition) is 1. The first-order valence-corrected chi connectivity index (χ1v) is 6.62. The van der Waals surface area contributed by atoms with E-state index in [1.54, 1.807) is 6.07 Å². The smallest absolute Gasteiger partial charge is 0.146 e. The molecule has 0 N–H and O–H groups in total. The third-order valence-electron chi connectivity index (χ3n) is 3.76. The summed E-state index contributed by atoms with van der Waals surface area (Å²) in [5.74, 6) is 1.11. The Balaban J connectivity index is 2.16. The van der Waals surface area contributed by atoms with Gasteiger partial charge in [0.1, 0.15) is 5.82 Å². The van der Waals surface area contributed by atoms with Crippen molar-refractivity contribution < 1.29 is 4.39 Å². The Morgan fingerprint density at radius 3 is 2.41 bits per heavy atom. The first-order valence-electron chi connectivity index (χ1n) is 6.62. The fourth-order valence-electron chi connectivity index (χ4n) is 2.39. The highest BCUT2D eigenvalue weighted by atomic mass is 19.1. The van der Waals surface area contributed by atoms with Gasteiger partial charge in [-0.05, 0) is 42.4 Å². The topological polar surface area (TPSA) is 3.24 Å². The number of nitrogens with zero attached hydrogens (tertiary/aromatic N) is 1. The molecule has 0 saturated carbocycles. The Bertz CT molecular complexity index is 379. The van der Waals surface area contributed by atoms with Crippen molar-refractivity contribution in [3.63, 3.8) is 0 Å². The molecule has 0 radical (unpaired) electrons. The molecule has 1 aromatic carbocycles. The lowest BCUT2D eigenvalue weighted by Gasteiger charge is -2.32. The molecule has 1 nitrogen and oxygen atoms in total. The van der Waals surface area contributed by atoms with Gasteiger partial charge >= 0.3 is 0 Å². The minimum atomic E-state index is -0.0641. The van der Waals surface area contributed by atoms with Crippen molar-refractivity contribution in [2.45, 2.75) is 39.5 Å². The van der Waals surface area contributed by atoms with E-state index in [4.69, 9.17) is 0 Å². The third-order valence-corrected chi connectivity index (χ3v) is 3.76. The van der Waals surface area contributed by atoms with Crippen molar-refractivity contribution in [2.24, 2.45) is 5.92 Å². The van der Waals surface area contributed by atoms with E-state index >= 15 is 0 Å². The molecule has 94 valence electrons. The Hall–Kier alpha value is -1.05. The lowest BCUT2D eigenvalue weighted by molar-refractivity contribution is 0.434. The summed E-state index contributed by atoms with van der Waals surface area (Å²) in [5.41, 5.74) is 1.86. The normalized spacial score (nSPS) is 17.8. The maximum Gasteiger partial charge on any atom is 0.146 e. The highest BCUT2D eigenvalue weighted by molar-refractivity contribution is 5.49. The fourth-order valence-corrected chi connectivity index (χ4v) is 2.39. The summed E-state index contributed by atoms with van der Waals surface area (Å²) in [5, 5.41) is 0. The lowest BCUT2D eigenvalue weighted by atomic mass is 9.98. The number of halogens is 1. The number of piperidine rings is 1. The quantitative estimate of drug-likeness (QED) is 0.743. The average molecular weight is 235 g/mol. The van der Waals surface area contributed by atoms with Crippen molar-refractivity contribution in [1.29, 1.82) is 0 Å². The van der Waals surface area contributed by atoms with E-state index in [0.29, 0.717) is 5.92 Å². The van der Waals surface area contributed by atoms with Gasteiger partial charge in [0.15, 0.2) is 0 Å². The fraction of sp³-hybridized carbons (Fsp3) is 0.600. The molecule has 2 rings (SSSR count). The molecule has 1 aliphatic rings. The van der Waals surface area contributed by atoms with E-state index in [0.717, 1.165) is 30.3 Å². The van der Waals surface area contributed by atoms with Crippen LogP contribution in [0.1, 0.15) is 45.1 Å². The van der Waals surface area contributed by atoms with Gasteiger partial charge in [0.25, 0.3) is 0 Å². The molecular weight excluding hydrogens is 213 g/mol. The van der Waals surface area contributed by atoms with Crippen LogP contribution in [0.2, 0.25) is 0 Å². The number of hydrogen-bond donors (Lipinski definition) is 0. The number of anilines is 1. The zero-order chi connectivity index (χ0) is 12.4. The van der Waals surface area contributed by atoms with E-state index in [2.05, 4.69) is 31.7 Å². The Labute approximate surface area is 104 Å². The van der Waals surface area contributed by atoms with Crippen LogP contribution in [0.5, 0.6) is 0 Å². The van der Waals surface area contributed by atoms with Crippen LogP contribution in [-0.4, -0.2) is 13.1 Å². The third kappa shape index (κ3) is 2.80. The van der Waals surface area contributed by atoms with Gasteiger partial charge in [-0.25, -0.2) is 4.39 Å². The number of rotatable bonds is 2. The average Bonchev–Trinajstić information content (AvgIpc) is 2.30. The summed E-state index contributed by atoms with van der Waals surface area (Å²) >= 11 is 0. The molecule has 0 aliphatic carbocycles.